The van der Waals surface area contributed by atoms with Gasteiger partial charge in [0.25, 0.3) is 0 Å². The van der Waals surface area contributed by atoms with E-state index in [9.17, 15) is 9.50 Å². The first kappa shape index (κ1) is 16.1. The molecule has 0 unspecified atom stereocenters. The summed E-state index contributed by atoms with van der Waals surface area (Å²) in [4.78, 5) is 11.9. The van der Waals surface area contributed by atoms with Crippen LogP contribution >= 0.6 is 0 Å². The molecule has 0 amide bonds. The molecule has 2 aromatic carbocycles. The van der Waals surface area contributed by atoms with Crippen molar-refractivity contribution in [2.75, 3.05) is 5.32 Å². The Morgan fingerprint density at radius 3 is 2.50 bits per heavy atom. The average Bonchev–Trinajstić information content (AvgIpc) is 3.08. The zero-order valence-corrected chi connectivity index (χ0v) is 14.1. The van der Waals surface area contributed by atoms with Crippen LogP contribution in [-0.4, -0.2) is 20.1 Å². The third-order valence-corrected chi connectivity index (χ3v) is 4.33. The Morgan fingerprint density at radius 1 is 1.04 bits per heavy atom. The van der Waals surface area contributed by atoms with Gasteiger partial charge in [0.1, 0.15) is 29.4 Å². The molecule has 1 atom stereocenters. The number of aromatic hydroxyl groups is 1. The molecule has 0 spiro atoms. The number of nitrogens with one attached hydrogen (secondary N) is 2. The van der Waals surface area contributed by atoms with Crippen molar-refractivity contribution in [3.05, 3.63) is 72.3 Å². The fourth-order valence-corrected chi connectivity index (χ4v) is 2.89. The number of aromatic nitrogens is 3. The van der Waals surface area contributed by atoms with Gasteiger partial charge in [0, 0.05) is 11.7 Å². The number of aromatic amines is 1. The van der Waals surface area contributed by atoms with Crippen LogP contribution in [0.15, 0.2) is 60.9 Å². The van der Waals surface area contributed by atoms with Crippen LogP contribution in [0.25, 0.3) is 22.3 Å². The summed E-state index contributed by atoms with van der Waals surface area (Å²) in [6.45, 7) is 1.99. The molecule has 0 fully saturated rings. The number of phenolic OH excluding ortho intramolecular Hbond substituents is 1. The molecule has 2 aromatic heterocycles. The minimum absolute atomic E-state index is 0.0410. The Hall–Kier alpha value is -3.41. The fraction of sp³-hybridized carbons (Fsp3) is 0.100. The average molecular weight is 348 g/mol. The first-order valence-electron chi connectivity index (χ1n) is 8.25. The van der Waals surface area contributed by atoms with Crippen molar-refractivity contribution < 1.29 is 9.50 Å². The molecule has 0 saturated carbocycles. The van der Waals surface area contributed by atoms with E-state index in [1.807, 2.05) is 25.1 Å². The van der Waals surface area contributed by atoms with E-state index in [4.69, 9.17) is 0 Å². The van der Waals surface area contributed by atoms with Gasteiger partial charge in [-0.1, -0.05) is 12.1 Å². The lowest BCUT2D eigenvalue weighted by Gasteiger charge is -2.15. The summed E-state index contributed by atoms with van der Waals surface area (Å²) < 4.78 is 13.1. The highest BCUT2D eigenvalue weighted by Gasteiger charge is 2.12. The molecule has 0 aliphatic carbocycles. The molecule has 6 heteroatoms. The zero-order chi connectivity index (χ0) is 18.1. The minimum atomic E-state index is -0.255. The maximum Gasteiger partial charge on any atom is 0.143 e. The molecule has 4 rings (SSSR count). The fourth-order valence-electron chi connectivity index (χ4n) is 2.89. The van der Waals surface area contributed by atoms with Crippen molar-refractivity contribution in [1.29, 1.82) is 0 Å². The summed E-state index contributed by atoms with van der Waals surface area (Å²) >= 11 is 0. The number of H-pyrrole nitrogens is 1. The number of rotatable bonds is 4. The minimum Gasteiger partial charge on any atom is -0.508 e. The molecule has 3 N–H and O–H groups in total. The quantitative estimate of drug-likeness (QED) is 0.502. The van der Waals surface area contributed by atoms with Crippen molar-refractivity contribution >= 4 is 16.9 Å². The molecule has 4 aromatic rings. The Kier molecular flexibility index (Phi) is 4.01. The van der Waals surface area contributed by atoms with E-state index in [0.717, 1.165) is 27.9 Å². The van der Waals surface area contributed by atoms with Gasteiger partial charge in [-0.3, -0.25) is 0 Å². The third-order valence-electron chi connectivity index (χ3n) is 4.33. The van der Waals surface area contributed by atoms with Gasteiger partial charge in [0.15, 0.2) is 0 Å². The molecule has 0 aliphatic rings. The molecular weight excluding hydrogens is 331 g/mol. The first-order chi connectivity index (χ1) is 12.6. The van der Waals surface area contributed by atoms with Crippen LogP contribution in [0.1, 0.15) is 18.5 Å². The maximum absolute atomic E-state index is 13.1. The lowest BCUT2D eigenvalue weighted by atomic mass is 10.1. The van der Waals surface area contributed by atoms with Gasteiger partial charge in [-0.25, -0.2) is 14.4 Å². The van der Waals surface area contributed by atoms with E-state index in [2.05, 4.69) is 20.3 Å². The van der Waals surface area contributed by atoms with Gasteiger partial charge < -0.3 is 15.4 Å². The van der Waals surface area contributed by atoms with Crippen LogP contribution in [0.4, 0.5) is 10.2 Å². The highest BCUT2D eigenvalue weighted by molar-refractivity contribution is 5.91. The van der Waals surface area contributed by atoms with Crippen LogP contribution in [0.5, 0.6) is 5.75 Å². The summed E-state index contributed by atoms with van der Waals surface area (Å²) in [6, 6.07) is 15.3. The van der Waals surface area contributed by atoms with Crippen molar-refractivity contribution in [3.63, 3.8) is 0 Å². The lowest BCUT2D eigenvalue weighted by Crippen LogP contribution is -2.08. The molecule has 26 heavy (non-hydrogen) atoms. The highest BCUT2D eigenvalue weighted by Crippen LogP contribution is 2.29. The normalized spacial score (nSPS) is 12.2. The number of phenols is 1. The molecule has 130 valence electrons. The number of anilines is 1. The number of hydrogen-bond donors (Lipinski definition) is 3. The van der Waals surface area contributed by atoms with E-state index < -0.39 is 0 Å². The number of benzene rings is 2. The smallest absolute Gasteiger partial charge is 0.143 e. The monoisotopic (exact) mass is 348 g/mol. The number of fused-ring (bicyclic) bond motifs is 1. The summed E-state index contributed by atoms with van der Waals surface area (Å²) in [7, 11) is 0. The second-order valence-electron chi connectivity index (χ2n) is 6.13. The van der Waals surface area contributed by atoms with E-state index in [0.29, 0.717) is 5.82 Å². The number of nitrogens with zero attached hydrogens (tertiary/aromatic N) is 2. The van der Waals surface area contributed by atoms with Crippen LogP contribution in [0.2, 0.25) is 0 Å². The van der Waals surface area contributed by atoms with Crippen LogP contribution < -0.4 is 5.32 Å². The molecule has 0 aliphatic heterocycles. The highest BCUT2D eigenvalue weighted by atomic mass is 19.1. The van der Waals surface area contributed by atoms with Crippen molar-refractivity contribution in [2.45, 2.75) is 13.0 Å². The van der Waals surface area contributed by atoms with Gasteiger partial charge in [-0.15, -0.1) is 0 Å². The summed E-state index contributed by atoms with van der Waals surface area (Å²) in [5.41, 5.74) is 3.51. The Morgan fingerprint density at radius 2 is 1.77 bits per heavy atom. The molecule has 2 heterocycles. The first-order valence-corrected chi connectivity index (χ1v) is 8.25. The molecule has 0 saturated heterocycles. The van der Waals surface area contributed by atoms with Gasteiger partial charge in [0.05, 0.1) is 5.39 Å². The van der Waals surface area contributed by atoms with E-state index >= 15 is 0 Å². The van der Waals surface area contributed by atoms with E-state index in [1.54, 1.807) is 24.3 Å². The predicted molar refractivity (Wildman–Crippen MR) is 99.4 cm³/mol. The molecule has 5 nitrogen and oxygen atoms in total. The number of halogens is 1. The topological polar surface area (TPSA) is 73.8 Å². The summed E-state index contributed by atoms with van der Waals surface area (Å²) in [5, 5.41) is 13.7. The van der Waals surface area contributed by atoms with Crippen LogP contribution in [-0.2, 0) is 0 Å². The Bertz CT molecular complexity index is 1040. The van der Waals surface area contributed by atoms with E-state index in [1.165, 1.54) is 18.5 Å². The van der Waals surface area contributed by atoms with Crippen molar-refractivity contribution in [3.8, 4) is 17.0 Å². The van der Waals surface area contributed by atoms with Gasteiger partial charge >= 0.3 is 0 Å². The second-order valence-corrected chi connectivity index (χ2v) is 6.13. The van der Waals surface area contributed by atoms with Gasteiger partial charge in [-0.2, -0.15) is 0 Å². The summed E-state index contributed by atoms with van der Waals surface area (Å²) in [5.74, 6) is 0.669. The van der Waals surface area contributed by atoms with E-state index in [-0.39, 0.29) is 17.6 Å². The molecule has 0 radical (unpaired) electrons. The Labute approximate surface area is 149 Å². The lowest BCUT2D eigenvalue weighted by molar-refractivity contribution is 0.475. The third kappa shape index (κ3) is 3.09. The van der Waals surface area contributed by atoms with Crippen LogP contribution in [0, 0.1) is 5.82 Å². The van der Waals surface area contributed by atoms with Crippen LogP contribution in [0.3, 0.4) is 0 Å². The predicted octanol–water partition coefficient (Wildman–Crippen LogP) is 4.64. The molecular formula is C20H17FN4O. The van der Waals surface area contributed by atoms with Gasteiger partial charge in [0.2, 0.25) is 0 Å². The largest absolute Gasteiger partial charge is 0.508 e. The second kappa shape index (κ2) is 6.48. The van der Waals surface area contributed by atoms with Crippen molar-refractivity contribution in [1.82, 2.24) is 15.0 Å². The molecule has 0 bridgehead atoms. The van der Waals surface area contributed by atoms with Crippen molar-refractivity contribution in [2.24, 2.45) is 0 Å². The SMILES string of the molecule is C[C@@H](Nc1ncnc2[nH]c(-c3ccc(O)cc3)cc12)c1ccc(F)cc1. The maximum atomic E-state index is 13.1. The van der Waals surface area contributed by atoms with Gasteiger partial charge in [-0.05, 0) is 60.5 Å². The zero-order valence-electron chi connectivity index (χ0n) is 14.1. The Balaban J connectivity index is 1.67. The summed E-state index contributed by atoms with van der Waals surface area (Å²) in [6.07, 6.45) is 1.50. The number of hydrogen-bond acceptors (Lipinski definition) is 4. The standard InChI is InChI=1S/C20H17FN4O/c1-12(13-2-6-15(21)7-3-13)24-19-17-10-18(25-20(17)23-11-22-19)14-4-8-16(26)9-5-14/h2-12,26H,1H3,(H2,22,23,24,25)/t12-/m1/s1.